The van der Waals surface area contributed by atoms with Gasteiger partial charge in [0.15, 0.2) is 5.16 Å². The van der Waals surface area contributed by atoms with Crippen molar-refractivity contribution in [2.24, 2.45) is 5.92 Å². The van der Waals surface area contributed by atoms with Gasteiger partial charge in [-0.2, -0.15) is 0 Å². The molecular weight excluding hydrogens is 444 g/mol. The fraction of sp³-hybridized carbons (Fsp3) is 0.316. The van der Waals surface area contributed by atoms with E-state index in [2.05, 4.69) is 38.1 Å². The minimum atomic E-state index is -0.0936. The number of rotatable bonds is 4. The number of amides is 1. The van der Waals surface area contributed by atoms with Crippen LogP contribution in [0, 0.1) is 5.92 Å². The van der Waals surface area contributed by atoms with Crippen molar-refractivity contribution < 1.29 is 4.79 Å². The third kappa shape index (κ3) is 4.12. The first-order chi connectivity index (χ1) is 13.0. The maximum absolute atomic E-state index is 12.2. The molecule has 1 unspecified atom stereocenters. The number of nitrogen functional groups attached to an aromatic ring is 1. The van der Waals surface area contributed by atoms with Gasteiger partial charge in [0.2, 0.25) is 5.91 Å². The van der Waals surface area contributed by atoms with Crippen LogP contribution >= 0.6 is 39.0 Å². The normalized spacial score (nSPS) is 16.3. The largest absolute Gasteiger partial charge is 0.383 e. The highest BCUT2D eigenvalue weighted by Crippen LogP contribution is 2.39. The number of nitrogens with one attached hydrogen (secondary N) is 1. The molecule has 1 atom stereocenters. The molecule has 2 heterocycles. The Labute approximate surface area is 174 Å². The summed E-state index contributed by atoms with van der Waals surface area (Å²) in [6.07, 6.45) is 3.32. The molecule has 1 aliphatic rings. The topological polar surface area (TPSA) is 80.9 Å². The molecule has 0 saturated carbocycles. The summed E-state index contributed by atoms with van der Waals surface area (Å²) in [5.74, 6) is 1.38. The highest BCUT2D eigenvalue weighted by molar-refractivity contribution is 9.10. The third-order valence-electron chi connectivity index (χ3n) is 4.62. The van der Waals surface area contributed by atoms with Crippen molar-refractivity contribution in [2.75, 3.05) is 16.8 Å². The summed E-state index contributed by atoms with van der Waals surface area (Å²) in [6.45, 7) is 2.29. The highest BCUT2D eigenvalue weighted by Gasteiger charge is 2.23. The van der Waals surface area contributed by atoms with Crippen molar-refractivity contribution in [3.63, 3.8) is 0 Å². The number of nitrogens with two attached hydrogens (primary N) is 1. The zero-order valence-electron chi connectivity index (χ0n) is 14.8. The van der Waals surface area contributed by atoms with Crippen LogP contribution in [0.15, 0.2) is 33.9 Å². The molecule has 3 aromatic rings. The number of halogens is 1. The first-order valence-corrected chi connectivity index (χ1v) is 11.3. The lowest BCUT2D eigenvalue weighted by Gasteiger charge is -2.17. The standard InChI is InChI=1S/C19H19BrN4OS2/c1-10-2-7-13-14(8-10)27-18-16(13)17(21)23-19(24-18)26-9-15(25)22-12-5-3-11(20)4-6-12/h3-6,10H,2,7-9H2,1H3,(H,22,25)(H2,21,23,24). The van der Waals surface area contributed by atoms with Crippen LogP contribution in [0.4, 0.5) is 11.5 Å². The lowest BCUT2D eigenvalue weighted by atomic mass is 9.89. The monoisotopic (exact) mass is 462 g/mol. The molecule has 0 aliphatic heterocycles. The summed E-state index contributed by atoms with van der Waals surface area (Å²) in [7, 11) is 0. The molecule has 5 nitrogen and oxygen atoms in total. The van der Waals surface area contributed by atoms with Crippen LogP contribution < -0.4 is 11.1 Å². The summed E-state index contributed by atoms with van der Waals surface area (Å²) < 4.78 is 0.972. The van der Waals surface area contributed by atoms with Gasteiger partial charge in [0, 0.05) is 15.0 Å². The van der Waals surface area contributed by atoms with Gasteiger partial charge in [-0.05, 0) is 55.0 Å². The Balaban J connectivity index is 1.47. The Bertz CT molecular complexity index is 1000. The van der Waals surface area contributed by atoms with E-state index in [4.69, 9.17) is 5.73 Å². The molecule has 4 rings (SSSR count). The van der Waals surface area contributed by atoms with E-state index in [0.29, 0.717) is 16.9 Å². The van der Waals surface area contributed by atoms with Crippen LogP contribution in [0.2, 0.25) is 0 Å². The van der Waals surface area contributed by atoms with Gasteiger partial charge in [-0.1, -0.05) is 34.6 Å². The van der Waals surface area contributed by atoms with Crippen molar-refractivity contribution in [1.82, 2.24) is 9.97 Å². The minimum Gasteiger partial charge on any atom is -0.383 e. The number of thioether (sulfide) groups is 1. The SMILES string of the molecule is CC1CCc2c(sc3nc(SCC(=O)Nc4ccc(Br)cc4)nc(N)c23)C1. The van der Waals surface area contributed by atoms with Gasteiger partial charge in [-0.3, -0.25) is 4.79 Å². The number of carbonyl (C=O) groups is 1. The average Bonchev–Trinajstić information content (AvgIpc) is 2.99. The molecule has 0 radical (unpaired) electrons. The summed E-state index contributed by atoms with van der Waals surface area (Å²) >= 11 is 6.41. The molecule has 2 aromatic heterocycles. The Hall–Kier alpha value is -1.64. The second kappa shape index (κ2) is 7.77. The number of anilines is 2. The van der Waals surface area contributed by atoms with E-state index in [9.17, 15) is 4.79 Å². The number of benzene rings is 1. The number of hydrogen-bond donors (Lipinski definition) is 2. The molecule has 1 aliphatic carbocycles. The Morgan fingerprint density at radius 2 is 2.15 bits per heavy atom. The lowest BCUT2D eigenvalue weighted by Crippen LogP contribution is -2.14. The number of aryl methyl sites for hydroxylation is 1. The first-order valence-electron chi connectivity index (χ1n) is 8.75. The predicted octanol–water partition coefficient (Wildman–Crippen LogP) is 4.89. The van der Waals surface area contributed by atoms with E-state index in [1.165, 1.54) is 28.6 Å². The van der Waals surface area contributed by atoms with E-state index < -0.39 is 0 Å². The smallest absolute Gasteiger partial charge is 0.234 e. The van der Waals surface area contributed by atoms with E-state index >= 15 is 0 Å². The van der Waals surface area contributed by atoms with Crippen LogP contribution in [0.3, 0.4) is 0 Å². The molecule has 140 valence electrons. The fourth-order valence-corrected chi connectivity index (χ4v) is 5.64. The Kier molecular flexibility index (Phi) is 5.39. The Morgan fingerprint density at radius 3 is 2.93 bits per heavy atom. The summed E-state index contributed by atoms with van der Waals surface area (Å²) in [4.78, 5) is 23.6. The zero-order valence-corrected chi connectivity index (χ0v) is 18.0. The van der Waals surface area contributed by atoms with E-state index in [-0.39, 0.29) is 11.7 Å². The molecule has 27 heavy (non-hydrogen) atoms. The van der Waals surface area contributed by atoms with Crippen LogP contribution in [0.5, 0.6) is 0 Å². The first kappa shape index (κ1) is 18.7. The summed E-state index contributed by atoms with van der Waals surface area (Å²) in [5, 5.41) is 4.44. The fourth-order valence-electron chi connectivity index (χ4n) is 3.28. The van der Waals surface area contributed by atoms with Gasteiger partial charge in [0.25, 0.3) is 0 Å². The number of thiophene rings is 1. The molecule has 0 fully saturated rings. The van der Waals surface area contributed by atoms with Gasteiger partial charge in [-0.15, -0.1) is 11.3 Å². The molecular formula is C19H19BrN4OS2. The molecule has 1 amide bonds. The molecule has 1 aromatic carbocycles. The summed E-state index contributed by atoms with van der Waals surface area (Å²) in [6, 6.07) is 7.48. The minimum absolute atomic E-state index is 0.0936. The molecule has 0 spiro atoms. The van der Waals surface area contributed by atoms with Crippen molar-refractivity contribution in [1.29, 1.82) is 0 Å². The molecule has 0 saturated heterocycles. The number of fused-ring (bicyclic) bond motifs is 3. The Morgan fingerprint density at radius 1 is 1.37 bits per heavy atom. The van der Waals surface area contributed by atoms with Crippen molar-refractivity contribution in [3.05, 3.63) is 39.2 Å². The quantitative estimate of drug-likeness (QED) is 0.425. The predicted molar refractivity (Wildman–Crippen MR) is 117 cm³/mol. The number of carbonyl (C=O) groups excluding carboxylic acids is 1. The highest BCUT2D eigenvalue weighted by atomic mass is 79.9. The maximum atomic E-state index is 12.2. The average molecular weight is 463 g/mol. The second-order valence-corrected chi connectivity index (χ2v) is 9.71. The number of aromatic nitrogens is 2. The molecule has 8 heteroatoms. The zero-order chi connectivity index (χ0) is 19.0. The van der Waals surface area contributed by atoms with Gasteiger partial charge < -0.3 is 11.1 Å². The van der Waals surface area contributed by atoms with Crippen molar-refractivity contribution >= 4 is 66.7 Å². The van der Waals surface area contributed by atoms with E-state index in [0.717, 1.165) is 33.2 Å². The van der Waals surface area contributed by atoms with Gasteiger partial charge in [-0.25, -0.2) is 9.97 Å². The van der Waals surface area contributed by atoms with Crippen LogP contribution in [-0.4, -0.2) is 21.6 Å². The second-order valence-electron chi connectivity index (χ2n) is 6.77. The van der Waals surface area contributed by atoms with Crippen LogP contribution in [0.1, 0.15) is 23.8 Å². The summed E-state index contributed by atoms with van der Waals surface area (Å²) in [5.41, 5.74) is 8.33. The van der Waals surface area contributed by atoms with Crippen molar-refractivity contribution in [2.45, 2.75) is 31.3 Å². The molecule has 3 N–H and O–H groups in total. The van der Waals surface area contributed by atoms with Gasteiger partial charge in [0.1, 0.15) is 10.6 Å². The van der Waals surface area contributed by atoms with Crippen molar-refractivity contribution in [3.8, 4) is 0 Å². The third-order valence-corrected chi connectivity index (χ3v) is 7.15. The van der Waals surface area contributed by atoms with E-state index in [1.807, 2.05) is 24.3 Å². The number of nitrogens with zero attached hydrogens (tertiary/aromatic N) is 2. The van der Waals surface area contributed by atoms with Crippen LogP contribution in [-0.2, 0) is 17.6 Å². The van der Waals surface area contributed by atoms with Gasteiger partial charge in [0.05, 0.1) is 11.1 Å². The van der Waals surface area contributed by atoms with E-state index in [1.54, 1.807) is 11.3 Å². The van der Waals surface area contributed by atoms with Gasteiger partial charge >= 0.3 is 0 Å². The van der Waals surface area contributed by atoms with Crippen LogP contribution in [0.25, 0.3) is 10.2 Å². The lowest BCUT2D eigenvalue weighted by molar-refractivity contribution is -0.113. The maximum Gasteiger partial charge on any atom is 0.234 e. The molecule has 0 bridgehead atoms. The number of hydrogen-bond acceptors (Lipinski definition) is 6.